The highest BCUT2D eigenvalue weighted by Gasteiger charge is 2.29. The highest BCUT2D eigenvalue weighted by Crippen LogP contribution is 2.36. The summed E-state index contributed by atoms with van der Waals surface area (Å²) in [7, 11) is 0. The number of carboxylic acid groups (broad SMARTS) is 1. The van der Waals surface area contributed by atoms with Crippen molar-refractivity contribution in [1.82, 2.24) is 9.88 Å². The summed E-state index contributed by atoms with van der Waals surface area (Å²) >= 11 is 12.5. The van der Waals surface area contributed by atoms with Crippen LogP contribution in [0.25, 0.3) is 10.8 Å². The number of carbonyl (C=O) groups excluding carboxylic acids is 1. The number of hydrogen-bond acceptors (Lipinski definition) is 4. The highest BCUT2D eigenvalue weighted by atomic mass is 35.5. The van der Waals surface area contributed by atoms with Crippen LogP contribution in [-0.4, -0.2) is 40.0 Å². The lowest BCUT2D eigenvalue weighted by molar-refractivity contribution is -0.131. The number of anilines is 1. The summed E-state index contributed by atoms with van der Waals surface area (Å²) in [5.41, 5.74) is 2.10. The van der Waals surface area contributed by atoms with Gasteiger partial charge in [0.1, 0.15) is 0 Å². The molecule has 2 heterocycles. The van der Waals surface area contributed by atoms with Crippen LogP contribution in [0.1, 0.15) is 34.5 Å². The standard InChI is InChI=1S/C22H19Cl2N3O4/c1-11-20-12(6-13(23)7-18(20)24)4-5-27(11)19(28)10-25-14-2-3-15-16(8-14)17(22(30)31)9-26-21(15)29/h2-3,6-9,11,25H,4-5,10H2,1H3,(H,26,29)(H,30,31). The number of carbonyl (C=O) groups is 2. The van der Waals surface area contributed by atoms with E-state index in [1.807, 2.05) is 13.0 Å². The van der Waals surface area contributed by atoms with Crippen molar-refractivity contribution in [3.63, 3.8) is 0 Å². The van der Waals surface area contributed by atoms with E-state index in [2.05, 4.69) is 10.3 Å². The third-order valence-electron chi connectivity index (χ3n) is 5.58. The van der Waals surface area contributed by atoms with E-state index in [1.165, 1.54) is 12.3 Å². The molecule has 3 aromatic rings. The number of amides is 1. The van der Waals surface area contributed by atoms with Crippen LogP contribution >= 0.6 is 23.2 Å². The molecule has 2 aromatic carbocycles. The molecule has 1 aromatic heterocycles. The van der Waals surface area contributed by atoms with E-state index >= 15 is 0 Å². The van der Waals surface area contributed by atoms with Gasteiger partial charge >= 0.3 is 5.97 Å². The minimum Gasteiger partial charge on any atom is -0.478 e. The maximum atomic E-state index is 12.9. The van der Waals surface area contributed by atoms with Crippen LogP contribution in [0.2, 0.25) is 10.0 Å². The van der Waals surface area contributed by atoms with Crippen molar-refractivity contribution in [1.29, 1.82) is 0 Å². The predicted molar refractivity (Wildman–Crippen MR) is 120 cm³/mol. The number of pyridine rings is 1. The summed E-state index contributed by atoms with van der Waals surface area (Å²) in [6, 6.07) is 8.12. The van der Waals surface area contributed by atoms with Gasteiger partial charge in [0.05, 0.1) is 18.2 Å². The van der Waals surface area contributed by atoms with Gasteiger partial charge in [-0.3, -0.25) is 9.59 Å². The highest BCUT2D eigenvalue weighted by molar-refractivity contribution is 6.35. The van der Waals surface area contributed by atoms with E-state index in [0.717, 1.165) is 11.1 Å². The molecule has 0 aliphatic carbocycles. The molecular weight excluding hydrogens is 441 g/mol. The van der Waals surface area contributed by atoms with Crippen LogP contribution in [-0.2, 0) is 11.2 Å². The first kappa shape index (κ1) is 21.2. The SMILES string of the molecule is CC1c2c(Cl)cc(Cl)cc2CCN1C(=O)CNc1ccc2c(=O)[nH]cc(C(=O)O)c2c1. The maximum Gasteiger partial charge on any atom is 0.337 e. The molecule has 0 bridgehead atoms. The summed E-state index contributed by atoms with van der Waals surface area (Å²) < 4.78 is 0. The van der Waals surface area contributed by atoms with Crippen LogP contribution in [0.4, 0.5) is 5.69 Å². The van der Waals surface area contributed by atoms with Crippen LogP contribution in [0.5, 0.6) is 0 Å². The van der Waals surface area contributed by atoms with Gasteiger partial charge in [0, 0.05) is 39.2 Å². The monoisotopic (exact) mass is 459 g/mol. The van der Waals surface area contributed by atoms with Crippen molar-refractivity contribution in [2.45, 2.75) is 19.4 Å². The Hall–Kier alpha value is -3.03. The summed E-state index contributed by atoms with van der Waals surface area (Å²) in [6.07, 6.45) is 1.83. The number of hydrogen-bond donors (Lipinski definition) is 3. The number of carboxylic acids is 1. The molecule has 1 aliphatic heterocycles. The molecule has 160 valence electrons. The Labute approximate surface area is 187 Å². The molecule has 1 atom stereocenters. The lowest BCUT2D eigenvalue weighted by Gasteiger charge is -2.36. The first-order chi connectivity index (χ1) is 14.8. The number of benzene rings is 2. The number of aromatic carboxylic acids is 1. The molecule has 0 radical (unpaired) electrons. The van der Waals surface area contributed by atoms with Crippen LogP contribution in [0.3, 0.4) is 0 Å². The summed E-state index contributed by atoms with van der Waals surface area (Å²) in [4.78, 5) is 40.5. The van der Waals surface area contributed by atoms with Crippen LogP contribution < -0.4 is 10.9 Å². The van der Waals surface area contributed by atoms with E-state index in [-0.39, 0.29) is 35.0 Å². The second-order valence-corrected chi connectivity index (χ2v) is 8.27. The summed E-state index contributed by atoms with van der Waals surface area (Å²) in [5.74, 6) is -1.26. The lowest BCUT2D eigenvalue weighted by Crippen LogP contribution is -2.41. The van der Waals surface area contributed by atoms with E-state index < -0.39 is 5.97 Å². The number of fused-ring (bicyclic) bond motifs is 2. The zero-order valence-corrected chi connectivity index (χ0v) is 18.0. The maximum absolute atomic E-state index is 12.9. The van der Waals surface area contributed by atoms with Crippen LogP contribution in [0.15, 0.2) is 41.3 Å². The Kier molecular flexibility index (Phi) is 5.64. The molecule has 1 unspecified atom stereocenters. The average Bonchev–Trinajstić information content (AvgIpc) is 2.71. The van der Waals surface area contributed by atoms with Gasteiger partial charge in [0.25, 0.3) is 5.56 Å². The largest absolute Gasteiger partial charge is 0.478 e. The lowest BCUT2D eigenvalue weighted by atomic mass is 9.93. The summed E-state index contributed by atoms with van der Waals surface area (Å²) in [5, 5.41) is 14.1. The molecule has 1 aliphatic rings. The minimum absolute atomic E-state index is 0.0147. The van der Waals surface area contributed by atoms with Crippen molar-refractivity contribution in [3.8, 4) is 0 Å². The second kappa shape index (κ2) is 8.24. The number of aromatic nitrogens is 1. The van der Waals surface area contributed by atoms with Gasteiger partial charge in [0.2, 0.25) is 5.91 Å². The molecule has 1 amide bonds. The molecule has 3 N–H and O–H groups in total. The third-order valence-corrected chi connectivity index (χ3v) is 6.11. The zero-order chi connectivity index (χ0) is 22.3. The molecule has 0 spiro atoms. The normalized spacial score (nSPS) is 15.6. The van der Waals surface area contributed by atoms with Gasteiger partial charge in [-0.2, -0.15) is 0 Å². The molecule has 0 saturated heterocycles. The van der Waals surface area contributed by atoms with Gasteiger partial charge < -0.3 is 20.3 Å². The van der Waals surface area contributed by atoms with Gasteiger partial charge in [-0.25, -0.2) is 4.79 Å². The second-order valence-electron chi connectivity index (χ2n) is 7.42. The Balaban J connectivity index is 1.54. The van der Waals surface area contributed by atoms with E-state index in [1.54, 1.807) is 23.1 Å². The number of halogens is 2. The molecule has 31 heavy (non-hydrogen) atoms. The zero-order valence-electron chi connectivity index (χ0n) is 16.5. The van der Waals surface area contributed by atoms with Crippen molar-refractivity contribution in [3.05, 3.63) is 73.6 Å². The minimum atomic E-state index is -1.15. The summed E-state index contributed by atoms with van der Waals surface area (Å²) in [6.45, 7) is 2.49. The van der Waals surface area contributed by atoms with Crippen molar-refractivity contribution in [2.24, 2.45) is 0 Å². The number of nitrogens with zero attached hydrogens (tertiary/aromatic N) is 1. The number of rotatable bonds is 4. The fraction of sp³-hybridized carbons (Fsp3) is 0.227. The van der Waals surface area contributed by atoms with Gasteiger partial charge in [0.15, 0.2) is 0 Å². The molecule has 9 heteroatoms. The number of nitrogens with one attached hydrogen (secondary N) is 2. The van der Waals surface area contributed by atoms with Crippen molar-refractivity contribution >= 4 is 51.5 Å². The Morgan fingerprint density at radius 3 is 2.74 bits per heavy atom. The quantitative estimate of drug-likeness (QED) is 0.545. The van der Waals surface area contributed by atoms with E-state index in [4.69, 9.17) is 23.2 Å². The van der Waals surface area contributed by atoms with E-state index in [0.29, 0.717) is 34.1 Å². The number of aromatic amines is 1. The molecule has 0 fully saturated rings. The first-order valence-electron chi connectivity index (χ1n) is 9.66. The van der Waals surface area contributed by atoms with Crippen molar-refractivity contribution < 1.29 is 14.7 Å². The first-order valence-corrected chi connectivity index (χ1v) is 10.4. The molecule has 7 nitrogen and oxygen atoms in total. The average molecular weight is 460 g/mol. The number of H-pyrrole nitrogens is 1. The fourth-order valence-electron chi connectivity index (χ4n) is 4.07. The van der Waals surface area contributed by atoms with Gasteiger partial charge in [-0.15, -0.1) is 0 Å². The molecular formula is C22H19Cl2N3O4. The van der Waals surface area contributed by atoms with E-state index in [9.17, 15) is 19.5 Å². The predicted octanol–water partition coefficient (Wildman–Crippen LogP) is 4.09. The molecule has 4 rings (SSSR count). The fourth-order valence-corrected chi connectivity index (χ4v) is 4.76. The molecule has 0 saturated carbocycles. The van der Waals surface area contributed by atoms with Crippen molar-refractivity contribution in [2.75, 3.05) is 18.4 Å². The van der Waals surface area contributed by atoms with Gasteiger partial charge in [-0.05, 0) is 54.8 Å². The Morgan fingerprint density at radius 2 is 2.00 bits per heavy atom. The van der Waals surface area contributed by atoms with Crippen LogP contribution in [0, 0.1) is 0 Å². The topological polar surface area (TPSA) is 103 Å². The third kappa shape index (κ3) is 3.98. The smallest absolute Gasteiger partial charge is 0.337 e. The van der Waals surface area contributed by atoms with Gasteiger partial charge in [-0.1, -0.05) is 23.2 Å². The Morgan fingerprint density at radius 1 is 1.23 bits per heavy atom. The Bertz CT molecular complexity index is 1270.